The molecule has 8 nitrogen and oxygen atoms in total. The number of hydrogen-bond acceptors (Lipinski definition) is 8. The highest BCUT2D eigenvalue weighted by Crippen LogP contribution is 2.57. The van der Waals surface area contributed by atoms with Gasteiger partial charge in [-0.05, 0) is 39.8 Å². The first kappa shape index (κ1) is 27.0. The number of halogens is 3. The van der Waals surface area contributed by atoms with E-state index in [1.165, 1.54) is 22.2 Å². The van der Waals surface area contributed by atoms with Crippen molar-refractivity contribution in [2.24, 2.45) is 0 Å². The van der Waals surface area contributed by atoms with Crippen molar-refractivity contribution in [2.75, 3.05) is 12.4 Å². The van der Waals surface area contributed by atoms with E-state index in [4.69, 9.17) is 0 Å². The van der Waals surface area contributed by atoms with E-state index in [0.717, 1.165) is 22.0 Å². The zero-order valence-electron chi connectivity index (χ0n) is 20.1. The summed E-state index contributed by atoms with van der Waals surface area (Å²) < 4.78 is 41.9. The number of rotatable bonds is 6. The summed E-state index contributed by atoms with van der Waals surface area (Å²) in [4.78, 5) is 5.54. The fraction of sp³-hybridized carbons (Fsp3) is 0.522. The maximum atomic E-state index is 13.7. The van der Waals surface area contributed by atoms with Gasteiger partial charge in [0, 0.05) is 21.4 Å². The van der Waals surface area contributed by atoms with Gasteiger partial charge in [0.25, 0.3) is 0 Å². The van der Waals surface area contributed by atoms with Crippen LogP contribution in [0.15, 0.2) is 18.3 Å². The number of aliphatic hydroxyl groups is 4. The van der Waals surface area contributed by atoms with Crippen molar-refractivity contribution in [1.29, 1.82) is 0 Å². The number of aryl methyl sites for hydroxylation is 2. The van der Waals surface area contributed by atoms with Crippen LogP contribution in [0.4, 0.5) is 13.2 Å². The van der Waals surface area contributed by atoms with Gasteiger partial charge in [-0.3, -0.25) is 0 Å². The van der Waals surface area contributed by atoms with Crippen molar-refractivity contribution in [3.05, 3.63) is 51.4 Å². The van der Waals surface area contributed by atoms with Crippen LogP contribution in [-0.2, 0) is 0 Å². The Balaban J connectivity index is 1.68. The SMILES string of the molecule is Cc1nc([C@@H]([SH]2C[C@H](O)[C@H](n3cc(-c4cc(F)c(F)c(F)c4)nn3)[C@@H](O)[C@H]2CO)C(C)(C)O)c(C)s1. The number of nitrogens with zero attached hydrogens (tertiary/aromatic N) is 4. The van der Waals surface area contributed by atoms with Crippen molar-refractivity contribution in [3.8, 4) is 11.3 Å². The van der Waals surface area contributed by atoms with Crippen LogP contribution >= 0.6 is 22.2 Å². The summed E-state index contributed by atoms with van der Waals surface area (Å²) in [6, 6.07) is 0.545. The minimum absolute atomic E-state index is 0.0172. The second-order valence-corrected chi connectivity index (χ2v) is 13.5. The largest absolute Gasteiger partial charge is 0.395 e. The summed E-state index contributed by atoms with van der Waals surface area (Å²) >= 11 is 1.49. The Morgan fingerprint density at radius 1 is 1.19 bits per heavy atom. The number of aliphatic hydroxyl groups excluding tert-OH is 3. The third-order valence-electron chi connectivity index (χ3n) is 6.44. The number of hydrogen-bond donors (Lipinski definition) is 5. The molecular formula is C23H29F3N4O4S2. The highest BCUT2D eigenvalue weighted by molar-refractivity contribution is 8.18. The minimum atomic E-state index is -1.60. The van der Waals surface area contributed by atoms with E-state index in [1.807, 2.05) is 13.8 Å². The molecule has 2 aromatic heterocycles. The van der Waals surface area contributed by atoms with Crippen molar-refractivity contribution in [3.63, 3.8) is 0 Å². The molecule has 13 heteroatoms. The fourth-order valence-electron chi connectivity index (χ4n) is 4.91. The van der Waals surface area contributed by atoms with E-state index in [2.05, 4.69) is 15.3 Å². The summed E-state index contributed by atoms with van der Waals surface area (Å²) in [6.45, 7) is 6.66. The Morgan fingerprint density at radius 2 is 1.83 bits per heavy atom. The standard InChI is InChI=1S/C23H29F3N4O4S2/c1-10-19(27-11(2)35-10)22(23(3,4)34)36-9-16(32)20(21(33)17(36)8-31)30-7-15(28-29-30)12-5-13(24)18(26)14(25)6-12/h5-7,16-17,20-22,31-34,36H,8-9H2,1-4H3/t16-,17+,20-,21-,22+/m0/s1. The van der Waals surface area contributed by atoms with Crippen LogP contribution in [-0.4, -0.2) is 75.8 Å². The van der Waals surface area contributed by atoms with Crippen LogP contribution in [0.5, 0.6) is 0 Å². The third-order valence-corrected chi connectivity index (χ3v) is 11.0. The molecule has 0 aliphatic carbocycles. The highest BCUT2D eigenvalue weighted by Gasteiger charge is 2.49. The lowest BCUT2D eigenvalue weighted by Crippen LogP contribution is -2.52. The normalized spacial score (nSPS) is 26.8. The zero-order valence-corrected chi connectivity index (χ0v) is 21.8. The van der Waals surface area contributed by atoms with Gasteiger partial charge < -0.3 is 20.4 Å². The molecule has 1 fully saturated rings. The average Bonchev–Trinajstić information content (AvgIpc) is 3.37. The van der Waals surface area contributed by atoms with E-state index in [0.29, 0.717) is 5.69 Å². The van der Waals surface area contributed by atoms with Crippen molar-refractivity contribution in [1.82, 2.24) is 20.0 Å². The molecule has 0 saturated carbocycles. The summed E-state index contributed by atoms with van der Waals surface area (Å²) in [7, 11) is -1.37. The van der Waals surface area contributed by atoms with Gasteiger partial charge in [0.1, 0.15) is 11.7 Å². The minimum Gasteiger partial charge on any atom is -0.395 e. The van der Waals surface area contributed by atoms with Crippen molar-refractivity contribution in [2.45, 2.75) is 62.0 Å². The summed E-state index contributed by atoms with van der Waals surface area (Å²) in [5, 5.41) is 51.3. The number of thiol groups is 1. The molecule has 1 unspecified atom stereocenters. The van der Waals surface area contributed by atoms with Crippen LogP contribution in [0.1, 0.15) is 40.7 Å². The molecule has 0 radical (unpaired) electrons. The summed E-state index contributed by atoms with van der Waals surface area (Å²) in [6.07, 6.45) is -1.10. The van der Waals surface area contributed by atoms with Gasteiger partial charge >= 0.3 is 0 Å². The molecule has 1 aliphatic rings. The first-order chi connectivity index (χ1) is 16.8. The van der Waals surface area contributed by atoms with E-state index < -0.39 is 69.3 Å². The Bertz CT molecular complexity index is 1230. The predicted molar refractivity (Wildman–Crippen MR) is 132 cm³/mol. The molecule has 4 N–H and O–H groups in total. The van der Waals surface area contributed by atoms with Gasteiger partial charge in [-0.25, -0.2) is 33.7 Å². The first-order valence-corrected chi connectivity index (χ1v) is 13.8. The molecule has 3 heterocycles. The molecule has 3 aromatic rings. The quantitative estimate of drug-likeness (QED) is 0.238. The number of benzene rings is 1. The number of aromatic nitrogens is 4. The Labute approximate surface area is 212 Å². The van der Waals surface area contributed by atoms with Crippen LogP contribution in [0.3, 0.4) is 0 Å². The molecule has 198 valence electrons. The van der Waals surface area contributed by atoms with Gasteiger partial charge in [0.15, 0.2) is 17.5 Å². The van der Waals surface area contributed by atoms with Gasteiger partial charge in [-0.15, -0.1) is 16.4 Å². The zero-order chi connectivity index (χ0) is 26.5. The molecule has 1 aliphatic heterocycles. The van der Waals surface area contributed by atoms with E-state index in [-0.39, 0.29) is 17.0 Å². The molecule has 0 spiro atoms. The summed E-state index contributed by atoms with van der Waals surface area (Å²) in [5.41, 5.74) is -0.595. The van der Waals surface area contributed by atoms with Crippen molar-refractivity contribution >= 4 is 22.2 Å². The van der Waals surface area contributed by atoms with Gasteiger partial charge in [0.2, 0.25) is 0 Å². The molecule has 36 heavy (non-hydrogen) atoms. The highest BCUT2D eigenvalue weighted by atomic mass is 32.2. The maximum absolute atomic E-state index is 13.7. The Morgan fingerprint density at radius 3 is 2.36 bits per heavy atom. The van der Waals surface area contributed by atoms with Gasteiger partial charge in [-0.1, -0.05) is 5.21 Å². The van der Waals surface area contributed by atoms with Crippen molar-refractivity contribution < 1.29 is 33.6 Å². The van der Waals surface area contributed by atoms with Gasteiger partial charge in [-0.2, -0.15) is 0 Å². The fourth-order valence-corrected chi connectivity index (χ4v) is 9.52. The topological polar surface area (TPSA) is 125 Å². The lowest BCUT2D eigenvalue weighted by molar-refractivity contribution is 0.00566. The lowest BCUT2D eigenvalue weighted by atomic mass is 10.0. The Hall–Kier alpha value is -2.03. The van der Waals surface area contributed by atoms with E-state index in [1.54, 1.807) is 13.8 Å². The third kappa shape index (κ3) is 4.92. The monoisotopic (exact) mass is 546 g/mol. The van der Waals surface area contributed by atoms with Gasteiger partial charge in [0.05, 0.1) is 46.6 Å². The van der Waals surface area contributed by atoms with Crippen LogP contribution in [0.25, 0.3) is 11.3 Å². The van der Waals surface area contributed by atoms with E-state index in [9.17, 15) is 33.6 Å². The molecule has 1 saturated heterocycles. The maximum Gasteiger partial charge on any atom is 0.194 e. The van der Waals surface area contributed by atoms with E-state index >= 15 is 0 Å². The average molecular weight is 547 g/mol. The molecular weight excluding hydrogens is 517 g/mol. The summed E-state index contributed by atoms with van der Waals surface area (Å²) in [5.74, 6) is -4.19. The first-order valence-electron chi connectivity index (χ1n) is 11.3. The molecule has 4 rings (SSSR count). The Kier molecular flexibility index (Phi) is 7.53. The van der Waals surface area contributed by atoms with Crippen LogP contribution in [0, 0.1) is 31.3 Å². The molecule has 0 bridgehead atoms. The predicted octanol–water partition coefficient (Wildman–Crippen LogP) is 2.59. The van der Waals surface area contributed by atoms with Crippen LogP contribution in [0.2, 0.25) is 0 Å². The second-order valence-electron chi connectivity index (χ2n) is 9.56. The van der Waals surface area contributed by atoms with Crippen LogP contribution < -0.4 is 0 Å². The molecule has 0 amide bonds. The number of thiazole rings is 1. The second kappa shape index (κ2) is 10.0. The molecule has 1 aromatic carbocycles. The molecule has 6 atom stereocenters. The smallest absolute Gasteiger partial charge is 0.194 e. The lowest BCUT2D eigenvalue weighted by Gasteiger charge is -2.50.